The number of benzene rings is 1. The molecule has 0 bridgehead atoms. The molecule has 0 aliphatic rings. The maximum Gasteiger partial charge on any atom is 0.220 e. The van der Waals surface area contributed by atoms with E-state index >= 15 is 0 Å². The lowest BCUT2D eigenvalue weighted by molar-refractivity contribution is 0.102. The van der Waals surface area contributed by atoms with Crippen LogP contribution in [0.15, 0.2) is 46.9 Å². The van der Waals surface area contributed by atoms with Gasteiger partial charge in [-0.1, -0.05) is 24.3 Å². The molecule has 0 atom stereocenters. The fourth-order valence-corrected chi connectivity index (χ4v) is 1.34. The summed E-state index contributed by atoms with van der Waals surface area (Å²) in [6.07, 6.45) is 3.20. The van der Waals surface area contributed by atoms with Gasteiger partial charge in [0.25, 0.3) is 0 Å². The van der Waals surface area contributed by atoms with Crippen LogP contribution < -0.4 is 0 Å². The molecule has 0 spiro atoms. The van der Waals surface area contributed by atoms with Crippen LogP contribution in [0, 0.1) is 0 Å². The molecule has 0 N–H and O–H groups in total. The Labute approximate surface area is 81.8 Å². The Morgan fingerprint density at radius 1 is 1.36 bits per heavy atom. The van der Waals surface area contributed by atoms with Crippen molar-refractivity contribution in [2.75, 3.05) is 0 Å². The van der Waals surface area contributed by atoms with Crippen molar-refractivity contribution in [2.45, 2.75) is 6.92 Å². The Bertz CT molecular complexity index is 459. The largest absolute Gasteiger partial charge is 0.453 e. The molecule has 2 heteroatoms. The van der Waals surface area contributed by atoms with E-state index in [1.54, 1.807) is 19.1 Å². The second-order valence-corrected chi connectivity index (χ2v) is 3.01. The summed E-state index contributed by atoms with van der Waals surface area (Å²) in [6, 6.07) is 9.34. The minimum atomic E-state index is -0.0938. The van der Waals surface area contributed by atoms with Crippen LogP contribution in [0.2, 0.25) is 0 Å². The summed E-state index contributed by atoms with van der Waals surface area (Å²) in [5.41, 5.74) is 0.750. The van der Waals surface area contributed by atoms with Crippen molar-refractivity contribution in [3.8, 4) is 0 Å². The molecule has 0 amide bonds. The van der Waals surface area contributed by atoms with Gasteiger partial charge in [-0.3, -0.25) is 4.79 Å². The smallest absolute Gasteiger partial charge is 0.220 e. The molecule has 0 saturated carbocycles. The molecule has 70 valence electrons. The van der Waals surface area contributed by atoms with Gasteiger partial charge in [-0.25, -0.2) is 0 Å². The monoisotopic (exact) mass is 186 g/mol. The third-order valence-corrected chi connectivity index (χ3v) is 1.99. The number of rotatable bonds is 2. The summed E-state index contributed by atoms with van der Waals surface area (Å²) in [4.78, 5) is 11.4. The molecular formula is C12H10O2. The molecule has 2 nitrogen and oxygen atoms in total. The Kier molecular flexibility index (Phi) is 2.19. The fraction of sp³-hybridized carbons (Fsp3) is 0.0833. The summed E-state index contributed by atoms with van der Waals surface area (Å²) < 4.78 is 5.38. The normalized spacial score (nSPS) is 11.2. The highest BCUT2D eigenvalue weighted by molar-refractivity contribution is 6.04. The van der Waals surface area contributed by atoms with E-state index in [0.717, 1.165) is 11.0 Å². The molecule has 2 rings (SSSR count). The van der Waals surface area contributed by atoms with Crippen molar-refractivity contribution in [3.63, 3.8) is 0 Å². The van der Waals surface area contributed by atoms with Gasteiger partial charge in [-0.05, 0) is 25.1 Å². The predicted molar refractivity (Wildman–Crippen MR) is 55.4 cm³/mol. The molecule has 0 aliphatic heterocycles. The van der Waals surface area contributed by atoms with Gasteiger partial charge in [-0.2, -0.15) is 0 Å². The Morgan fingerprint density at radius 3 is 2.86 bits per heavy atom. The van der Waals surface area contributed by atoms with Crippen LogP contribution in [0.3, 0.4) is 0 Å². The summed E-state index contributed by atoms with van der Waals surface area (Å²) >= 11 is 0. The van der Waals surface area contributed by atoms with Crippen molar-refractivity contribution >= 4 is 16.8 Å². The van der Waals surface area contributed by atoms with Gasteiger partial charge in [0.2, 0.25) is 5.78 Å². The maximum absolute atomic E-state index is 11.4. The van der Waals surface area contributed by atoms with Gasteiger partial charge in [0.05, 0.1) is 0 Å². The van der Waals surface area contributed by atoms with Crippen LogP contribution in [-0.2, 0) is 0 Å². The molecule has 0 fully saturated rings. The molecule has 0 unspecified atom stereocenters. The first-order valence-electron chi connectivity index (χ1n) is 4.47. The average molecular weight is 186 g/mol. The quantitative estimate of drug-likeness (QED) is 0.532. The van der Waals surface area contributed by atoms with Gasteiger partial charge in [0.15, 0.2) is 5.76 Å². The predicted octanol–water partition coefficient (Wildman–Crippen LogP) is 3.19. The number of fused-ring (bicyclic) bond motifs is 1. The van der Waals surface area contributed by atoms with E-state index < -0.39 is 0 Å². The summed E-state index contributed by atoms with van der Waals surface area (Å²) in [5.74, 6) is 0.299. The fourth-order valence-electron chi connectivity index (χ4n) is 1.34. The SMILES string of the molecule is C/C=C/C(=O)c1cc2ccccc2o1. The lowest BCUT2D eigenvalue weighted by Crippen LogP contribution is -1.89. The summed E-state index contributed by atoms with van der Waals surface area (Å²) in [6.45, 7) is 1.81. The first kappa shape index (κ1) is 8.75. The molecule has 14 heavy (non-hydrogen) atoms. The lowest BCUT2D eigenvalue weighted by Gasteiger charge is -1.85. The summed E-state index contributed by atoms with van der Waals surface area (Å²) in [7, 11) is 0. The highest BCUT2D eigenvalue weighted by Crippen LogP contribution is 2.19. The molecule has 1 aromatic carbocycles. The van der Waals surface area contributed by atoms with Crippen LogP contribution in [0.5, 0.6) is 0 Å². The van der Waals surface area contributed by atoms with Crippen LogP contribution in [0.4, 0.5) is 0 Å². The Hall–Kier alpha value is -1.83. The van der Waals surface area contributed by atoms with Crippen molar-refractivity contribution < 1.29 is 9.21 Å². The minimum Gasteiger partial charge on any atom is -0.453 e. The van der Waals surface area contributed by atoms with Crippen LogP contribution in [0.1, 0.15) is 17.5 Å². The number of hydrogen-bond donors (Lipinski definition) is 0. The molecular weight excluding hydrogens is 176 g/mol. The average Bonchev–Trinajstić information content (AvgIpc) is 2.61. The number of allylic oxidation sites excluding steroid dienone is 2. The van der Waals surface area contributed by atoms with Gasteiger partial charge < -0.3 is 4.42 Å². The second kappa shape index (κ2) is 3.50. The van der Waals surface area contributed by atoms with Crippen LogP contribution in [-0.4, -0.2) is 5.78 Å². The third kappa shape index (κ3) is 1.46. The standard InChI is InChI=1S/C12H10O2/c1-2-5-10(13)12-8-9-6-3-4-7-11(9)14-12/h2-8H,1H3/b5-2+. The molecule has 1 heterocycles. The van der Waals surface area contributed by atoms with Crippen molar-refractivity contribution in [2.24, 2.45) is 0 Å². The zero-order chi connectivity index (χ0) is 9.97. The molecule has 0 aliphatic carbocycles. The van der Waals surface area contributed by atoms with Gasteiger partial charge >= 0.3 is 0 Å². The maximum atomic E-state index is 11.4. The van der Waals surface area contributed by atoms with E-state index in [9.17, 15) is 4.79 Å². The van der Waals surface area contributed by atoms with E-state index in [1.165, 1.54) is 6.08 Å². The van der Waals surface area contributed by atoms with Crippen molar-refractivity contribution in [3.05, 3.63) is 48.2 Å². The highest BCUT2D eigenvalue weighted by atomic mass is 16.3. The Morgan fingerprint density at radius 2 is 2.14 bits per heavy atom. The Balaban J connectivity index is 2.50. The van der Waals surface area contributed by atoms with E-state index in [2.05, 4.69) is 0 Å². The zero-order valence-corrected chi connectivity index (χ0v) is 7.86. The second-order valence-electron chi connectivity index (χ2n) is 3.01. The number of carbonyl (C=O) groups is 1. The first-order chi connectivity index (χ1) is 6.81. The topological polar surface area (TPSA) is 30.2 Å². The molecule has 1 aromatic heterocycles. The van der Waals surface area contributed by atoms with Gasteiger partial charge in [-0.15, -0.1) is 0 Å². The highest BCUT2D eigenvalue weighted by Gasteiger charge is 2.07. The van der Waals surface area contributed by atoms with E-state index in [-0.39, 0.29) is 5.78 Å². The van der Waals surface area contributed by atoms with Crippen molar-refractivity contribution in [1.29, 1.82) is 0 Å². The number of furan rings is 1. The lowest BCUT2D eigenvalue weighted by atomic mass is 10.2. The van der Waals surface area contributed by atoms with Gasteiger partial charge in [0, 0.05) is 5.39 Å². The molecule has 0 radical (unpaired) electrons. The number of para-hydroxylation sites is 1. The van der Waals surface area contributed by atoms with E-state index in [1.807, 2.05) is 24.3 Å². The number of ketones is 1. The van der Waals surface area contributed by atoms with Crippen LogP contribution >= 0.6 is 0 Å². The van der Waals surface area contributed by atoms with E-state index in [0.29, 0.717) is 5.76 Å². The third-order valence-electron chi connectivity index (χ3n) is 1.99. The molecule has 2 aromatic rings. The first-order valence-corrected chi connectivity index (χ1v) is 4.47. The number of carbonyl (C=O) groups excluding carboxylic acids is 1. The summed E-state index contributed by atoms with van der Waals surface area (Å²) in [5, 5.41) is 0.959. The zero-order valence-electron chi connectivity index (χ0n) is 7.86. The van der Waals surface area contributed by atoms with E-state index in [4.69, 9.17) is 4.42 Å². The van der Waals surface area contributed by atoms with Crippen LogP contribution in [0.25, 0.3) is 11.0 Å². The molecule has 0 saturated heterocycles. The number of hydrogen-bond acceptors (Lipinski definition) is 2. The van der Waals surface area contributed by atoms with Gasteiger partial charge in [0.1, 0.15) is 5.58 Å². The van der Waals surface area contributed by atoms with Crippen molar-refractivity contribution in [1.82, 2.24) is 0 Å². The minimum absolute atomic E-state index is 0.0938.